The summed E-state index contributed by atoms with van der Waals surface area (Å²) in [5.74, 6) is 0.193. The van der Waals surface area contributed by atoms with Gasteiger partial charge in [-0.15, -0.1) is 0 Å². The van der Waals surface area contributed by atoms with Crippen molar-refractivity contribution in [1.29, 1.82) is 0 Å². The third-order valence-corrected chi connectivity index (χ3v) is 5.58. The van der Waals surface area contributed by atoms with Crippen LogP contribution in [0, 0.1) is 0 Å². The zero-order valence-corrected chi connectivity index (χ0v) is 17.2. The van der Waals surface area contributed by atoms with Crippen molar-refractivity contribution in [2.75, 3.05) is 7.11 Å². The fraction of sp³-hybridized carbons (Fsp3) is 0.192. The topological polar surface area (TPSA) is 49.8 Å². The van der Waals surface area contributed by atoms with E-state index in [1.54, 1.807) is 12.0 Å². The summed E-state index contributed by atoms with van der Waals surface area (Å²) in [5.41, 5.74) is 4.65. The number of hydrogen-bond donors (Lipinski definition) is 1. The number of aliphatic hydroxyl groups excluding tert-OH is 1. The van der Waals surface area contributed by atoms with E-state index < -0.39 is 0 Å². The molecule has 1 amide bonds. The molecule has 1 aliphatic rings. The molecular formula is C26H25NO3. The average Bonchev–Trinajstić information content (AvgIpc) is 3.04. The molecule has 4 heteroatoms. The van der Waals surface area contributed by atoms with Gasteiger partial charge in [-0.1, -0.05) is 73.7 Å². The summed E-state index contributed by atoms with van der Waals surface area (Å²) >= 11 is 0. The molecule has 0 aliphatic carbocycles. The highest BCUT2D eigenvalue weighted by atomic mass is 16.5. The predicted molar refractivity (Wildman–Crippen MR) is 118 cm³/mol. The molecule has 1 aliphatic heterocycles. The van der Waals surface area contributed by atoms with Gasteiger partial charge in [0.15, 0.2) is 5.76 Å². The second kappa shape index (κ2) is 8.46. The first-order chi connectivity index (χ1) is 14.6. The molecule has 0 bridgehead atoms. The van der Waals surface area contributed by atoms with E-state index >= 15 is 0 Å². The predicted octanol–water partition coefficient (Wildman–Crippen LogP) is 5.31. The molecule has 0 aromatic heterocycles. The lowest BCUT2D eigenvalue weighted by molar-refractivity contribution is -0.130. The number of aryl methyl sites for hydroxylation is 1. The molecule has 1 N–H and O–H groups in total. The van der Waals surface area contributed by atoms with Crippen molar-refractivity contribution in [3.8, 4) is 5.75 Å². The molecule has 0 unspecified atom stereocenters. The highest BCUT2D eigenvalue weighted by molar-refractivity contribution is 6.05. The van der Waals surface area contributed by atoms with Gasteiger partial charge in [-0.2, -0.15) is 0 Å². The van der Waals surface area contributed by atoms with Crippen LogP contribution in [0.5, 0.6) is 5.75 Å². The van der Waals surface area contributed by atoms with Crippen molar-refractivity contribution in [3.05, 3.63) is 107 Å². The molecule has 0 spiro atoms. The van der Waals surface area contributed by atoms with E-state index in [0.717, 1.165) is 28.9 Å². The van der Waals surface area contributed by atoms with Crippen molar-refractivity contribution >= 4 is 11.5 Å². The molecular weight excluding hydrogens is 374 g/mol. The lowest BCUT2D eigenvalue weighted by Crippen LogP contribution is -2.29. The number of ether oxygens (including phenoxy) is 1. The summed E-state index contributed by atoms with van der Waals surface area (Å²) in [4.78, 5) is 14.9. The number of methoxy groups -OCH3 is 1. The maximum Gasteiger partial charge on any atom is 0.290 e. The van der Waals surface area contributed by atoms with E-state index in [1.165, 1.54) is 5.56 Å². The van der Waals surface area contributed by atoms with Gasteiger partial charge < -0.3 is 14.7 Å². The molecule has 3 aromatic rings. The van der Waals surface area contributed by atoms with Crippen LogP contribution in [0.15, 0.2) is 84.6 Å². The minimum absolute atomic E-state index is 0.186. The first-order valence-corrected chi connectivity index (χ1v) is 10.1. The molecule has 4 nitrogen and oxygen atoms in total. The van der Waals surface area contributed by atoms with Crippen LogP contribution in [0.3, 0.4) is 0 Å². The van der Waals surface area contributed by atoms with Crippen molar-refractivity contribution in [2.24, 2.45) is 0 Å². The van der Waals surface area contributed by atoms with Crippen LogP contribution in [0.2, 0.25) is 0 Å². The first kappa shape index (κ1) is 19.8. The Bertz CT molecular complexity index is 1070. The number of hydrogen-bond acceptors (Lipinski definition) is 3. The molecule has 0 saturated heterocycles. The number of carbonyl (C=O) groups excluding carboxylic acids is 1. The normalized spacial score (nSPS) is 16.3. The Morgan fingerprint density at radius 2 is 1.67 bits per heavy atom. The van der Waals surface area contributed by atoms with Crippen LogP contribution in [-0.4, -0.2) is 23.0 Å². The van der Waals surface area contributed by atoms with Gasteiger partial charge in [0, 0.05) is 12.1 Å². The van der Waals surface area contributed by atoms with E-state index in [0.29, 0.717) is 12.1 Å². The Morgan fingerprint density at radius 3 is 2.33 bits per heavy atom. The number of benzene rings is 3. The lowest BCUT2D eigenvalue weighted by Gasteiger charge is -2.28. The van der Waals surface area contributed by atoms with Crippen LogP contribution < -0.4 is 4.74 Å². The van der Waals surface area contributed by atoms with E-state index in [-0.39, 0.29) is 17.7 Å². The summed E-state index contributed by atoms with van der Waals surface area (Å²) in [6, 6.07) is 25.2. The Kier molecular flexibility index (Phi) is 5.57. The Morgan fingerprint density at radius 1 is 0.933 bits per heavy atom. The Balaban J connectivity index is 1.78. The average molecular weight is 399 g/mol. The Labute approximate surface area is 177 Å². The van der Waals surface area contributed by atoms with Gasteiger partial charge in [0.25, 0.3) is 5.91 Å². The number of aliphatic hydroxyl groups is 1. The third kappa shape index (κ3) is 3.69. The summed E-state index contributed by atoms with van der Waals surface area (Å²) in [7, 11) is 1.62. The van der Waals surface area contributed by atoms with Crippen LogP contribution >= 0.6 is 0 Å². The molecule has 0 saturated carbocycles. The summed E-state index contributed by atoms with van der Waals surface area (Å²) in [5, 5.41) is 10.9. The molecule has 4 rings (SSSR count). The molecule has 3 aromatic carbocycles. The number of amides is 1. The highest BCUT2D eigenvalue weighted by Crippen LogP contribution is 2.43. The number of rotatable bonds is 6. The van der Waals surface area contributed by atoms with Crippen LogP contribution in [0.25, 0.3) is 5.57 Å². The maximum absolute atomic E-state index is 13.1. The Hall–Kier alpha value is -3.53. The van der Waals surface area contributed by atoms with Gasteiger partial charge in [0.05, 0.1) is 13.2 Å². The lowest BCUT2D eigenvalue weighted by atomic mass is 9.92. The van der Waals surface area contributed by atoms with Gasteiger partial charge in [0.1, 0.15) is 5.75 Å². The van der Waals surface area contributed by atoms with Gasteiger partial charge in [-0.3, -0.25) is 4.79 Å². The van der Waals surface area contributed by atoms with Gasteiger partial charge >= 0.3 is 0 Å². The standard InChI is InChI=1S/C26H25NO3/c1-3-18-12-14-21(15-13-18)24-23(20-9-5-4-6-10-20)25(28)26(29)27(24)17-19-8-7-11-22(16-19)30-2/h4-16,24,28H,3,17H2,1-2H3/t24-/m1/s1. The quantitative estimate of drug-likeness (QED) is 0.611. The van der Waals surface area contributed by atoms with Crippen molar-refractivity contribution in [3.63, 3.8) is 0 Å². The van der Waals surface area contributed by atoms with Crippen molar-refractivity contribution in [2.45, 2.75) is 25.9 Å². The largest absolute Gasteiger partial charge is 0.503 e. The molecule has 0 radical (unpaired) electrons. The third-order valence-electron chi connectivity index (χ3n) is 5.58. The number of carbonyl (C=O) groups is 1. The van der Waals surface area contributed by atoms with Crippen molar-refractivity contribution in [1.82, 2.24) is 4.90 Å². The fourth-order valence-electron chi connectivity index (χ4n) is 3.98. The monoisotopic (exact) mass is 399 g/mol. The molecule has 1 atom stereocenters. The van der Waals surface area contributed by atoms with Crippen LogP contribution in [0.4, 0.5) is 0 Å². The van der Waals surface area contributed by atoms with Gasteiger partial charge in [0.2, 0.25) is 0 Å². The van der Waals surface area contributed by atoms with Gasteiger partial charge in [-0.05, 0) is 40.8 Å². The summed E-state index contributed by atoms with van der Waals surface area (Å²) in [6.07, 6.45) is 0.948. The second-order valence-corrected chi connectivity index (χ2v) is 7.41. The molecule has 0 fully saturated rings. The highest BCUT2D eigenvalue weighted by Gasteiger charge is 2.40. The van der Waals surface area contributed by atoms with Crippen molar-refractivity contribution < 1.29 is 14.6 Å². The second-order valence-electron chi connectivity index (χ2n) is 7.41. The van der Waals surface area contributed by atoms with Crippen LogP contribution in [-0.2, 0) is 17.8 Å². The van der Waals surface area contributed by atoms with Crippen LogP contribution in [0.1, 0.15) is 35.2 Å². The smallest absolute Gasteiger partial charge is 0.290 e. The molecule has 30 heavy (non-hydrogen) atoms. The van der Waals surface area contributed by atoms with E-state index in [1.807, 2.05) is 54.6 Å². The number of nitrogens with zero attached hydrogens (tertiary/aromatic N) is 1. The fourth-order valence-corrected chi connectivity index (χ4v) is 3.98. The summed E-state index contributed by atoms with van der Waals surface area (Å²) < 4.78 is 5.33. The minimum atomic E-state index is -0.364. The van der Waals surface area contributed by atoms with E-state index in [9.17, 15) is 9.90 Å². The zero-order valence-electron chi connectivity index (χ0n) is 17.2. The SMILES string of the molecule is CCc1ccc([C@@H]2C(c3ccccc3)=C(O)C(=O)N2Cc2cccc(OC)c2)cc1. The molecule has 152 valence electrons. The van der Waals surface area contributed by atoms with E-state index in [2.05, 4.69) is 31.2 Å². The minimum Gasteiger partial charge on any atom is -0.503 e. The van der Waals surface area contributed by atoms with Gasteiger partial charge in [-0.25, -0.2) is 0 Å². The first-order valence-electron chi connectivity index (χ1n) is 10.1. The van der Waals surface area contributed by atoms with E-state index in [4.69, 9.17) is 4.74 Å². The maximum atomic E-state index is 13.1. The summed E-state index contributed by atoms with van der Waals surface area (Å²) in [6.45, 7) is 2.49. The zero-order chi connectivity index (χ0) is 21.1. The molecule has 1 heterocycles.